The van der Waals surface area contributed by atoms with Crippen LogP contribution in [0.2, 0.25) is 0 Å². The van der Waals surface area contributed by atoms with Gasteiger partial charge in [-0.25, -0.2) is 9.78 Å². The quantitative estimate of drug-likeness (QED) is 0.180. The van der Waals surface area contributed by atoms with Gasteiger partial charge >= 0.3 is 0 Å². The lowest BCUT2D eigenvalue weighted by Gasteiger charge is -2.37. The Morgan fingerprint density at radius 1 is 0.500 bits per heavy atom. The first-order valence-corrected chi connectivity index (χ1v) is 9.94. The average Bonchev–Trinajstić information content (AvgIpc) is 2.57. The Bertz CT molecular complexity index is 216. The minimum absolute atomic E-state index is 0.0878. The van der Waals surface area contributed by atoms with Gasteiger partial charge in [0.05, 0.1) is 0 Å². The zero-order valence-electron chi connectivity index (χ0n) is 16.3. The molecule has 0 unspecified atom stereocenters. The number of hydrogen-bond donors (Lipinski definition) is 0. The van der Waals surface area contributed by atoms with E-state index in [1.54, 1.807) is 0 Å². The predicted molar refractivity (Wildman–Crippen MR) is 97.1 cm³/mol. The molecule has 0 saturated heterocycles. The molecule has 0 amide bonds. The molecule has 0 fully saturated rings. The molecule has 0 aliphatic rings. The molecule has 0 N–H and O–H groups in total. The molecule has 134 valence electrons. The first-order valence-electron chi connectivity index (χ1n) is 9.94. The molecule has 0 rings (SSSR count). The van der Waals surface area contributed by atoms with Crippen molar-refractivity contribution in [1.82, 2.24) is 0 Å². The van der Waals surface area contributed by atoms with Crippen molar-refractivity contribution in [2.75, 3.05) is 0 Å². The van der Waals surface area contributed by atoms with Gasteiger partial charge in [-0.3, -0.25) is 0 Å². The van der Waals surface area contributed by atoms with Crippen LogP contribution in [0.1, 0.15) is 119 Å². The summed E-state index contributed by atoms with van der Waals surface area (Å²) in [5.74, 6) is 0. The van der Waals surface area contributed by atoms with Gasteiger partial charge < -0.3 is 0 Å². The molecule has 0 saturated carbocycles. The summed E-state index contributed by atoms with van der Waals surface area (Å²) in [4.78, 5) is 12.3. The maximum atomic E-state index is 6.15. The highest BCUT2D eigenvalue weighted by atomic mass is 17.2. The van der Waals surface area contributed by atoms with Crippen molar-refractivity contribution in [1.29, 1.82) is 0 Å². The highest BCUT2D eigenvalue weighted by Gasteiger charge is 2.34. The van der Waals surface area contributed by atoms with Crippen LogP contribution in [0.4, 0.5) is 0 Å². The fraction of sp³-hybridized carbons (Fsp3) is 1.00. The molecule has 0 aliphatic heterocycles. The van der Waals surface area contributed by atoms with Crippen molar-refractivity contribution in [3.8, 4) is 0 Å². The van der Waals surface area contributed by atoms with E-state index in [1.165, 1.54) is 38.5 Å². The summed E-state index contributed by atoms with van der Waals surface area (Å²) in [6, 6.07) is 0. The lowest BCUT2D eigenvalue weighted by molar-refractivity contribution is -0.419. The Hall–Kier alpha value is -0.0800. The van der Waals surface area contributed by atoms with Crippen LogP contribution < -0.4 is 0 Å². The monoisotopic (exact) mass is 314 g/mol. The Morgan fingerprint density at radius 3 is 1.05 bits per heavy atom. The zero-order chi connectivity index (χ0) is 16.9. The fourth-order valence-electron chi connectivity index (χ4n) is 3.10. The molecular weight excluding hydrogens is 272 g/mol. The highest BCUT2D eigenvalue weighted by Crippen LogP contribution is 2.34. The van der Waals surface area contributed by atoms with E-state index >= 15 is 0 Å². The first kappa shape index (κ1) is 21.9. The Balaban J connectivity index is 4.66. The van der Waals surface area contributed by atoms with Crippen molar-refractivity contribution < 1.29 is 9.78 Å². The molecule has 0 aromatic carbocycles. The maximum absolute atomic E-state index is 6.15. The van der Waals surface area contributed by atoms with Crippen LogP contribution >= 0.6 is 0 Å². The van der Waals surface area contributed by atoms with E-state index in [2.05, 4.69) is 41.5 Å². The smallest absolute Gasteiger partial charge is 0.103 e. The van der Waals surface area contributed by atoms with E-state index in [9.17, 15) is 0 Å². The Kier molecular flexibility index (Phi) is 12.3. The lowest BCUT2D eigenvalue weighted by atomic mass is 9.90. The number of unbranched alkanes of at least 4 members (excludes halogenated alkanes) is 4. The third-order valence-electron chi connectivity index (χ3n) is 5.44. The van der Waals surface area contributed by atoms with E-state index in [1.807, 2.05) is 0 Å². The molecule has 2 heteroatoms. The standard InChI is InChI=1S/C20H42O2/c1-7-13-15-17-19(9-3,10-4)21-22-20(11-5,12-6)18-16-14-8-2/h7-18H2,1-6H3. The topological polar surface area (TPSA) is 18.5 Å². The third-order valence-corrected chi connectivity index (χ3v) is 5.44. The summed E-state index contributed by atoms with van der Waals surface area (Å²) < 4.78 is 0. The van der Waals surface area contributed by atoms with Crippen molar-refractivity contribution in [3.63, 3.8) is 0 Å². The number of hydrogen-bond acceptors (Lipinski definition) is 2. The van der Waals surface area contributed by atoms with Gasteiger partial charge in [0.25, 0.3) is 0 Å². The van der Waals surface area contributed by atoms with Crippen molar-refractivity contribution >= 4 is 0 Å². The highest BCUT2D eigenvalue weighted by molar-refractivity contribution is 4.79. The molecule has 2 nitrogen and oxygen atoms in total. The SMILES string of the molecule is CCCCCC(CC)(CC)OOC(CC)(CC)CCCCC. The first-order chi connectivity index (χ1) is 10.6. The van der Waals surface area contributed by atoms with Crippen LogP contribution in [0.5, 0.6) is 0 Å². The molecule has 0 heterocycles. The molecular formula is C20H42O2. The van der Waals surface area contributed by atoms with Crippen LogP contribution in [0, 0.1) is 0 Å². The van der Waals surface area contributed by atoms with Crippen molar-refractivity contribution in [2.24, 2.45) is 0 Å². The van der Waals surface area contributed by atoms with Gasteiger partial charge in [-0.15, -0.1) is 0 Å². The van der Waals surface area contributed by atoms with Gasteiger partial charge in [-0.1, -0.05) is 80.1 Å². The molecule has 0 bridgehead atoms. The molecule has 0 atom stereocenters. The van der Waals surface area contributed by atoms with E-state index in [4.69, 9.17) is 9.78 Å². The van der Waals surface area contributed by atoms with Crippen molar-refractivity contribution in [2.45, 2.75) is 130 Å². The van der Waals surface area contributed by atoms with E-state index in [-0.39, 0.29) is 11.2 Å². The third kappa shape index (κ3) is 7.46. The lowest BCUT2D eigenvalue weighted by Crippen LogP contribution is -2.39. The van der Waals surface area contributed by atoms with Gasteiger partial charge in [0.15, 0.2) is 0 Å². The molecule has 0 aromatic heterocycles. The molecule has 22 heavy (non-hydrogen) atoms. The second kappa shape index (κ2) is 12.4. The van der Waals surface area contributed by atoms with Gasteiger partial charge in [0, 0.05) is 0 Å². The summed E-state index contributed by atoms with van der Waals surface area (Å²) in [5, 5.41) is 0. The summed E-state index contributed by atoms with van der Waals surface area (Å²) in [6.07, 6.45) is 13.9. The van der Waals surface area contributed by atoms with E-state index in [0.717, 1.165) is 38.5 Å². The zero-order valence-corrected chi connectivity index (χ0v) is 16.3. The van der Waals surface area contributed by atoms with E-state index in [0.29, 0.717) is 0 Å². The molecule has 0 spiro atoms. The fourth-order valence-corrected chi connectivity index (χ4v) is 3.10. The van der Waals surface area contributed by atoms with Crippen molar-refractivity contribution in [3.05, 3.63) is 0 Å². The van der Waals surface area contributed by atoms with E-state index < -0.39 is 0 Å². The molecule has 0 aliphatic carbocycles. The molecule has 0 aromatic rings. The van der Waals surface area contributed by atoms with Crippen LogP contribution in [0.15, 0.2) is 0 Å². The second-order valence-corrected chi connectivity index (χ2v) is 6.86. The second-order valence-electron chi connectivity index (χ2n) is 6.86. The van der Waals surface area contributed by atoms with Crippen LogP contribution in [-0.4, -0.2) is 11.2 Å². The van der Waals surface area contributed by atoms with Crippen LogP contribution in [0.3, 0.4) is 0 Å². The average molecular weight is 315 g/mol. The summed E-state index contributed by atoms with van der Waals surface area (Å²) in [7, 11) is 0. The molecule has 0 radical (unpaired) electrons. The summed E-state index contributed by atoms with van der Waals surface area (Å²) in [5.41, 5.74) is -0.176. The Morgan fingerprint density at radius 2 is 0.818 bits per heavy atom. The maximum Gasteiger partial charge on any atom is 0.103 e. The summed E-state index contributed by atoms with van der Waals surface area (Å²) in [6.45, 7) is 13.4. The Labute approximate surface area is 140 Å². The minimum Gasteiger partial charge on any atom is -0.230 e. The van der Waals surface area contributed by atoms with Gasteiger partial charge in [-0.05, 0) is 38.5 Å². The predicted octanol–water partition coefficient (Wildman–Crippen LogP) is 7.21. The normalized spacial score (nSPS) is 12.8. The van der Waals surface area contributed by atoms with Crippen LogP contribution in [-0.2, 0) is 9.78 Å². The van der Waals surface area contributed by atoms with Gasteiger partial charge in [0.2, 0.25) is 0 Å². The van der Waals surface area contributed by atoms with Gasteiger partial charge in [0.1, 0.15) is 11.2 Å². The largest absolute Gasteiger partial charge is 0.230 e. The van der Waals surface area contributed by atoms with Crippen LogP contribution in [0.25, 0.3) is 0 Å². The minimum atomic E-state index is -0.0878. The number of rotatable bonds is 15. The summed E-state index contributed by atoms with van der Waals surface area (Å²) >= 11 is 0. The van der Waals surface area contributed by atoms with Gasteiger partial charge in [-0.2, -0.15) is 0 Å².